The first-order valence-corrected chi connectivity index (χ1v) is 7.66. The fraction of sp³-hybridized carbons (Fsp3) is 0.333. The Kier molecular flexibility index (Phi) is 4.17. The molecular formula is C15H16Cl2N4. The third-order valence-corrected chi connectivity index (χ3v) is 4.25. The van der Waals surface area contributed by atoms with Crippen LogP contribution in [0, 0.1) is 0 Å². The Morgan fingerprint density at radius 3 is 2.52 bits per heavy atom. The van der Waals surface area contributed by atoms with Crippen LogP contribution >= 0.6 is 23.2 Å². The summed E-state index contributed by atoms with van der Waals surface area (Å²) in [6.07, 6.45) is 0. The van der Waals surface area contributed by atoms with Gasteiger partial charge < -0.3 is 9.80 Å². The van der Waals surface area contributed by atoms with Gasteiger partial charge in [-0.25, -0.2) is 0 Å². The van der Waals surface area contributed by atoms with Gasteiger partial charge >= 0.3 is 0 Å². The van der Waals surface area contributed by atoms with Gasteiger partial charge in [-0.3, -0.25) is 0 Å². The summed E-state index contributed by atoms with van der Waals surface area (Å²) in [5, 5.41) is 9.27. The van der Waals surface area contributed by atoms with Crippen molar-refractivity contribution < 1.29 is 0 Å². The molecule has 2 aromatic rings. The van der Waals surface area contributed by atoms with Crippen molar-refractivity contribution in [2.75, 3.05) is 29.4 Å². The highest BCUT2D eigenvalue weighted by Gasteiger charge is 2.25. The largest absolute Gasteiger partial charge is 0.364 e. The van der Waals surface area contributed by atoms with Gasteiger partial charge in [0.1, 0.15) is 0 Å². The van der Waals surface area contributed by atoms with Crippen molar-refractivity contribution in [1.29, 1.82) is 0 Å². The minimum Gasteiger partial charge on any atom is -0.364 e. The summed E-state index contributed by atoms with van der Waals surface area (Å²) in [7, 11) is 0. The highest BCUT2D eigenvalue weighted by atomic mass is 35.5. The molecule has 1 atom stereocenters. The molecule has 21 heavy (non-hydrogen) atoms. The van der Waals surface area contributed by atoms with Crippen LogP contribution in [0.3, 0.4) is 0 Å². The number of anilines is 2. The molecule has 110 valence electrons. The number of piperazine rings is 1. The van der Waals surface area contributed by atoms with Crippen molar-refractivity contribution in [2.45, 2.75) is 13.0 Å². The van der Waals surface area contributed by atoms with Crippen LogP contribution < -0.4 is 9.80 Å². The lowest BCUT2D eigenvalue weighted by Crippen LogP contribution is -2.52. The fourth-order valence-corrected chi connectivity index (χ4v) is 3.03. The molecule has 0 radical (unpaired) electrons. The zero-order valence-electron chi connectivity index (χ0n) is 11.7. The third kappa shape index (κ3) is 3.06. The molecule has 0 bridgehead atoms. The van der Waals surface area contributed by atoms with E-state index in [1.807, 2.05) is 24.3 Å². The van der Waals surface area contributed by atoms with E-state index >= 15 is 0 Å². The van der Waals surface area contributed by atoms with Crippen LogP contribution in [0.1, 0.15) is 6.92 Å². The highest BCUT2D eigenvalue weighted by Crippen LogP contribution is 2.29. The quantitative estimate of drug-likeness (QED) is 0.847. The molecule has 1 aliphatic heterocycles. The molecule has 3 rings (SSSR count). The Bertz CT molecular complexity index is 617. The average molecular weight is 323 g/mol. The van der Waals surface area contributed by atoms with Crippen molar-refractivity contribution in [2.24, 2.45) is 0 Å². The molecule has 1 aromatic heterocycles. The Morgan fingerprint density at radius 1 is 1.05 bits per heavy atom. The van der Waals surface area contributed by atoms with Crippen molar-refractivity contribution in [3.8, 4) is 0 Å². The van der Waals surface area contributed by atoms with Crippen molar-refractivity contribution in [3.05, 3.63) is 46.6 Å². The molecule has 1 aromatic carbocycles. The summed E-state index contributed by atoms with van der Waals surface area (Å²) >= 11 is 12.1. The monoisotopic (exact) mass is 322 g/mol. The summed E-state index contributed by atoms with van der Waals surface area (Å²) < 4.78 is 0. The summed E-state index contributed by atoms with van der Waals surface area (Å²) in [5.41, 5.74) is 1.09. The van der Waals surface area contributed by atoms with E-state index in [2.05, 4.69) is 33.0 Å². The van der Waals surface area contributed by atoms with Crippen LogP contribution in [0.15, 0.2) is 36.4 Å². The minimum absolute atomic E-state index is 0.344. The number of halogens is 2. The van der Waals surface area contributed by atoms with Gasteiger partial charge in [0.25, 0.3) is 0 Å². The zero-order valence-corrected chi connectivity index (χ0v) is 13.2. The fourth-order valence-electron chi connectivity index (χ4n) is 2.69. The first-order valence-electron chi connectivity index (χ1n) is 6.90. The van der Waals surface area contributed by atoms with Gasteiger partial charge in [0.05, 0.1) is 10.7 Å². The summed E-state index contributed by atoms with van der Waals surface area (Å²) in [6.45, 7) is 4.85. The van der Waals surface area contributed by atoms with E-state index in [0.29, 0.717) is 11.2 Å². The smallest absolute Gasteiger partial charge is 0.151 e. The van der Waals surface area contributed by atoms with E-state index in [9.17, 15) is 0 Å². The van der Waals surface area contributed by atoms with E-state index in [4.69, 9.17) is 23.2 Å². The molecule has 2 heterocycles. The van der Waals surface area contributed by atoms with Crippen LogP contribution in [0.5, 0.6) is 0 Å². The minimum atomic E-state index is 0.344. The van der Waals surface area contributed by atoms with Gasteiger partial charge in [0.15, 0.2) is 11.0 Å². The van der Waals surface area contributed by atoms with Crippen molar-refractivity contribution in [3.63, 3.8) is 0 Å². The van der Waals surface area contributed by atoms with Crippen molar-refractivity contribution >= 4 is 34.7 Å². The van der Waals surface area contributed by atoms with E-state index in [1.165, 1.54) is 0 Å². The van der Waals surface area contributed by atoms with Crippen LogP contribution in [-0.2, 0) is 0 Å². The molecule has 1 fully saturated rings. The number of hydrogen-bond donors (Lipinski definition) is 0. The maximum Gasteiger partial charge on any atom is 0.151 e. The number of benzene rings is 1. The molecule has 1 saturated heterocycles. The van der Waals surface area contributed by atoms with Gasteiger partial charge in [-0.1, -0.05) is 35.3 Å². The molecular weight excluding hydrogens is 307 g/mol. The second-order valence-corrected chi connectivity index (χ2v) is 5.95. The molecule has 0 spiro atoms. The highest BCUT2D eigenvalue weighted by molar-refractivity contribution is 6.33. The zero-order chi connectivity index (χ0) is 14.8. The topological polar surface area (TPSA) is 32.3 Å². The Morgan fingerprint density at radius 2 is 1.86 bits per heavy atom. The first kappa shape index (κ1) is 14.4. The predicted molar refractivity (Wildman–Crippen MR) is 87.5 cm³/mol. The number of aromatic nitrogens is 2. The lowest BCUT2D eigenvalue weighted by Gasteiger charge is -2.41. The van der Waals surface area contributed by atoms with E-state index in [0.717, 1.165) is 36.2 Å². The predicted octanol–water partition coefficient (Wildman–Crippen LogP) is 3.50. The SMILES string of the molecule is CC1CN(c2ccc(Cl)nn2)CCN1c1ccccc1Cl. The maximum atomic E-state index is 6.30. The first-order chi connectivity index (χ1) is 10.1. The van der Waals surface area contributed by atoms with Gasteiger partial charge in [-0.2, -0.15) is 0 Å². The van der Waals surface area contributed by atoms with Crippen LogP contribution in [0.25, 0.3) is 0 Å². The number of para-hydroxylation sites is 1. The Labute approximate surface area is 134 Å². The summed E-state index contributed by atoms with van der Waals surface area (Å²) in [4.78, 5) is 4.56. The molecule has 6 heteroatoms. The standard InChI is InChI=1S/C15H16Cl2N4/c1-11-10-20(15-7-6-14(17)18-19-15)8-9-21(11)13-5-3-2-4-12(13)16/h2-7,11H,8-10H2,1H3. The lowest BCUT2D eigenvalue weighted by atomic mass is 10.1. The van der Waals surface area contributed by atoms with Gasteiger partial charge in [0, 0.05) is 25.7 Å². The number of rotatable bonds is 2. The number of nitrogens with zero attached hydrogens (tertiary/aromatic N) is 4. The normalized spacial score (nSPS) is 18.9. The van der Waals surface area contributed by atoms with E-state index in [-0.39, 0.29) is 0 Å². The number of hydrogen-bond acceptors (Lipinski definition) is 4. The summed E-state index contributed by atoms with van der Waals surface area (Å²) in [6, 6.07) is 12.0. The van der Waals surface area contributed by atoms with E-state index in [1.54, 1.807) is 6.07 Å². The van der Waals surface area contributed by atoms with Gasteiger partial charge in [0.2, 0.25) is 0 Å². The third-order valence-electron chi connectivity index (χ3n) is 3.73. The molecule has 0 aliphatic carbocycles. The molecule has 0 N–H and O–H groups in total. The van der Waals surface area contributed by atoms with Gasteiger partial charge in [-0.15, -0.1) is 10.2 Å². The summed E-state index contributed by atoms with van der Waals surface area (Å²) in [5.74, 6) is 0.866. The Hall–Kier alpha value is -1.52. The second kappa shape index (κ2) is 6.08. The van der Waals surface area contributed by atoms with Crippen molar-refractivity contribution in [1.82, 2.24) is 10.2 Å². The molecule has 1 unspecified atom stereocenters. The van der Waals surface area contributed by atoms with E-state index < -0.39 is 0 Å². The molecule has 0 amide bonds. The van der Waals surface area contributed by atoms with Crippen LogP contribution in [0.4, 0.5) is 11.5 Å². The molecule has 0 saturated carbocycles. The van der Waals surface area contributed by atoms with Crippen LogP contribution in [-0.4, -0.2) is 35.9 Å². The van der Waals surface area contributed by atoms with Crippen LogP contribution in [0.2, 0.25) is 10.2 Å². The molecule has 1 aliphatic rings. The Balaban J connectivity index is 1.75. The molecule has 4 nitrogen and oxygen atoms in total. The van der Waals surface area contributed by atoms with Gasteiger partial charge in [-0.05, 0) is 31.2 Å². The average Bonchev–Trinajstić information content (AvgIpc) is 2.49. The lowest BCUT2D eigenvalue weighted by molar-refractivity contribution is 0.546. The second-order valence-electron chi connectivity index (χ2n) is 5.15. The maximum absolute atomic E-state index is 6.30.